The summed E-state index contributed by atoms with van der Waals surface area (Å²) >= 11 is 4.98. The molecule has 104 valence electrons. The number of ether oxygens (including phenoxy) is 1. The minimum atomic E-state index is -0.337. The fourth-order valence-corrected chi connectivity index (χ4v) is 1.69. The molecule has 0 fully saturated rings. The van der Waals surface area contributed by atoms with Crippen LogP contribution in [-0.4, -0.2) is 27.7 Å². The van der Waals surface area contributed by atoms with Crippen LogP contribution in [0.5, 0.6) is 5.75 Å². The molecular formula is C13H14N4O2S. The lowest BCUT2D eigenvalue weighted by Gasteiger charge is -2.02. The zero-order valence-corrected chi connectivity index (χ0v) is 12.0. The smallest absolute Gasteiger partial charge is 0.296 e. The number of aromatic nitrogens is 3. The van der Waals surface area contributed by atoms with Crippen LogP contribution in [0.25, 0.3) is 0 Å². The highest BCUT2D eigenvalue weighted by atomic mass is 32.1. The first-order chi connectivity index (χ1) is 9.61. The second kappa shape index (κ2) is 6.25. The van der Waals surface area contributed by atoms with E-state index in [0.29, 0.717) is 12.3 Å². The van der Waals surface area contributed by atoms with E-state index >= 15 is 0 Å². The van der Waals surface area contributed by atoms with Crippen molar-refractivity contribution in [2.45, 2.75) is 13.8 Å². The molecule has 1 aromatic carbocycles. The third kappa shape index (κ3) is 3.18. The normalized spacial score (nSPS) is 10.9. The summed E-state index contributed by atoms with van der Waals surface area (Å²) in [6, 6.07) is 7.37. The molecule has 0 aliphatic rings. The summed E-state index contributed by atoms with van der Waals surface area (Å²) in [5, 5.41) is 10.4. The Kier molecular flexibility index (Phi) is 4.41. The zero-order chi connectivity index (χ0) is 14.5. The second-order valence-electron chi connectivity index (χ2n) is 3.98. The van der Waals surface area contributed by atoms with Gasteiger partial charge in [-0.05, 0) is 55.9 Å². The topological polar surface area (TPSA) is 72.3 Å². The minimum absolute atomic E-state index is 0.155. The molecule has 0 aliphatic carbocycles. The van der Waals surface area contributed by atoms with E-state index in [-0.39, 0.29) is 10.3 Å². The fraction of sp³-hybridized carbons (Fsp3) is 0.231. The average molecular weight is 290 g/mol. The maximum absolute atomic E-state index is 11.8. The summed E-state index contributed by atoms with van der Waals surface area (Å²) in [4.78, 5) is 11.8. The molecule has 0 amide bonds. The molecule has 0 saturated heterocycles. The van der Waals surface area contributed by atoms with E-state index in [2.05, 4.69) is 15.3 Å². The third-order valence-corrected chi connectivity index (χ3v) is 2.79. The summed E-state index contributed by atoms with van der Waals surface area (Å²) in [5.41, 5.74) is 0.808. The van der Waals surface area contributed by atoms with E-state index in [0.717, 1.165) is 16.0 Å². The molecule has 6 nitrogen and oxygen atoms in total. The van der Waals surface area contributed by atoms with Gasteiger partial charge in [0.15, 0.2) is 0 Å². The first-order valence-corrected chi connectivity index (χ1v) is 6.48. The molecule has 0 unspecified atom stereocenters. The third-order valence-electron chi connectivity index (χ3n) is 2.53. The van der Waals surface area contributed by atoms with E-state index in [1.54, 1.807) is 13.1 Å². The van der Waals surface area contributed by atoms with Crippen molar-refractivity contribution in [1.29, 1.82) is 0 Å². The minimum Gasteiger partial charge on any atom is -0.494 e. The molecule has 1 N–H and O–H groups in total. The molecule has 0 radical (unpaired) electrons. The average Bonchev–Trinajstić information content (AvgIpc) is 2.45. The van der Waals surface area contributed by atoms with Crippen LogP contribution in [0.1, 0.15) is 18.2 Å². The molecule has 0 bridgehead atoms. The summed E-state index contributed by atoms with van der Waals surface area (Å²) in [6.07, 6.45) is 1.56. The van der Waals surface area contributed by atoms with Gasteiger partial charge in [0, 0.05) is 0 Å². The van der Waals surface area contributed by atoms with Crippen LogP contribution < -0.4 is 10.3 Å². The molecule has 0 atom stereocenters. The Bertz CT molecular complexity index is 731. The molecule has 0 spiro atoms. The highest BCUT2D eigenvalue weighted by Crippen LogP contribution is 2.10. The summed E-state index contributed by atoms with van der Waals surface area (Å²) in [6.45, 7) is 4.14. The van der Waals surface area contributed by atoms with Crippen molar-refractivity contribution < 1.29 is 4.74 Å². The Morgan fingerprint density at radius 1 is 1.45 bits per heavy atom. The maximum atomic E-state index is 11.8. The van der Waals surface area contributed by atoms with Crippen molar-refractivity contribution in [1.82, 2.24) is 14.9 Å². The van der Waals surface area contributed by atoms with E-state index in [1.165, 1.54) is 0 Å². The number of hydrogen-bond donors (Lipinski definition) is 1. The van der Waals surface area contributed by atoms with E-state index in [9.17, 15) is 4.79 Å². The van der Waals surface area contributed by atoms with Crippen LogP contribution in [0.15, 0.2) is 34.2 Å². The number of hydrogen-bond acceptors (Lipinski definition) is 5. The number of nitrogens with one attached hydrogen (secondary N) is 1. The Morgan fingerprint density at radius 2 is 2.15 bits per heavy atom. The van der Waals surface area contributed by atoms with Crippen molar-refractivity contribution in [3.8, 4) is 5.75 Å². The van der Waals surface area contributed by atoms with Gasteiger partial charge in [-0.2, -0.15) is 14.9 Å². The van der Waals surface area contributed by atoms with Gasteiger partial charge in [0.2, 0.25) is 4.77 Å². The van der Waals surface area contributed by atoms with Crippen molar-refractivity contribution in [3.05, 3.63) is 50.6 Å². The van der Waals surface area contributed by atoms with Crippen LogP contribution in [-0.2, 0) is 0 Å². The molecule has 7 heteroatoms. The van der Waals surface area contributed by atoms with Crippen LogP contribution in [0, 0.1) is 11.7 Å². The van der Waals surface area contributed by atoms with Crippen molar-refractivity contribution in [3.63, 3.8) is 0 Å². The lowest BCUT2D eigenvalue weighted by Crippen LogP contribution is -2.22. The van der Waals surface area contributed by atoms with Gasteiger partial charge >= 0.3 is 0 Å². The largest absolute Gasteiger partial charge is 0.494 e. The number of aromatic amines is 1. The Morgan fingerprint density at radius 3 is 2.80 bits per heavy atom. The highest BCUT2D eigenvalue weighted by Gasteiger charge is 2.00. The standard InChI is InChI=1S/C13H14N4O2S/c1-3-19-11-6-4-10(5-7-11)8-14-17-12(18)9(2)15-16-13(17)20/h4-8H,3H2,1-2H3,(H,16,20). The van der Waals surface area contributed by atoms with Crippen molar-refractivity contribution in [2.24, 2.45) is 5.10 Å². The highest BCUT2D eigenvalue weighted by molar-refractivity contribution is 7.71. The van der Waals surface area contributed by atoms with Crippen LogP contribution in [0.3, 0.4) is 0 Å². The number of nitrogens with zero attached hydrogens (tertiary/aromatic N) is 3. The monoisotopic (exact) mass is 290 g/mol. The van der Waals surface area contributed by atoms with Gasteiger partial charge in [0.1, 0.15) is 11.4 Å². The van der Waals surface area contributed by atoms with Gasteiger partial charge < -0.3 is 4.74 Å². The van der Waals surface area contributed by atoms with Gasteiger partial charge in [0.25, 0.3) is 5.56 Å². The molecule has 1 aromatic heterocycles. The molecular weight excluding hydrogens is 276 g/mol. The second-order valence-corrected chi connectivity index (χ2v) is 4.36. The molecule has 2 aromatic rings. The number of benzene rings is 1. The Labute approximate surface area is 120 Å². The quantitative estimate of drug-likeness (QED) is 0.689. The fourth-order valence-electron chi connectivity index (χ4n) is 1.52. The zero-order valence-electron chi connectivity index (χ0n) is 11.2. The number of aryl methyl sites for hydroxylation is 1. The van der Waals surface area contributed by atoms with Crippen LogP contribution in [0.4, 0.5) is 0 Å². The predicted molar refractivity (Wildman–Crippen MR) is 79.0 cm³/mol. The van der Waals surface area contributed by atoms with Gasteiger partial charge in [0.05, 0.1) is 12.8 Å². The van der Waals surface area contributed by atoms with Crippen LogP contribution >= 0.6 is 12.2 Å². The summed E-state index contributed by atoms with van der Waals surface area (Å²) in [5.74, 6) is 0.791. The number of H-pyrrole nitrogens is 1. The molecule has 2 rings (SSSR count). The first-order valence-electron chi connectivity index (χ1n) is 6.07. The SMILES string of the molecule is CCOc1ccc(C=Nn2c(=S)[nH]nc(C)c2=O)cc1. The summed E-state index contributed by atoms with van der Waals surface area (Å²) < 4.78 is 6.61. The lowest BCUT2D eigenvalue weighted by atomic mass is 10.2. The van der Waals surface area contributed by atoms with Gasteiger partial charge in [-0.1, -0.05) is 0 Å². The Hall–Kier alpha value is -2.28. The molecule has 1 heterocycles. The first kappa shape index (κ1) is 14.1. The van der Waals surface area contributed by atoms with Crippen LogP contribution in [0.2, 0.25) is 0 Å². The number of rotatable bonds is 4. The van der Waals surface area contributed by atoms with Gasteiger partial charge in [-0.25, -0.2) is 0 Å². The van der Waals surface area contributed by atoms with E-state index in [4.69, 9.17) is 17.0 Å². The maximum Gasteiger partial charge on any atom is 0.296 e. The Balaban J connectivity index is 2.28. The molecule has 0 aliphatic heterocycles. The summed E-state index contributed by atoms with van der Waals surface area (Å²) in [7, 11) is 0. The molecule has 0 saturated carbocycles. The predicted octanol–water partition coefficient (Wildman–Crippen LogP) is 1.89. The van der Waals surface area contributed by atoms with Crippen molar-refractivity contribution >= 4 is 18.4 Å². The van der Waals surface area contributed by atoms with E-state index in [1.807, 2.05) is 31.2 Å². The van der Waals surface area contributed by atoms with Gasteiger partial charge in [-0.15, -0.1) is 0 Å². The lowest BCUT2D eigenvalue weighted by molar-refractivity contribution is 0.340. The van der Waals surface area contributed by atoms with Gasteiger partial charge in [-0.3, -0.25) is 9.89 Å². The molecule has 20 heavy (non-hydrogen) atoms. The van der Waals surface area contributed by atoms with Crippen molar-refractivity contribution in [2.75, 3.05) is 6.61 Å². The van der Waals surface area contributed by atoms with E-state index < -0.39 is 0 Å².